The van der Waals surface area contributed by atoms with Gasteiger partial charge in [-0.3, -0.25) is 4.79 Å². The van der Waals surface area contributed by atoms with Crippen LogP contribution < -0.4 is 11.1 Å². The summed E-state index contributed by atoms with van der Waals surface area (Å²) in [6.07, 6.45) is 0. The molecule has 21 heavy (non-hydrogen) atoms. The summed E-state index contributed by atoms with van der Waals surface area (Å²) >= 11 is 0. The lowest BCUT2D eigenvalue weighted by Crippen LogP contribution is -2.22. The van der Waals surface area contributed by atoms with Gasteiger partial charge in [0.1, 0.15) is 5.58 Å². The molecule has 0 aliphatic carbocycles. The zero-order valence-corrected chi connectivity index (χ0v) is 11.7. The van der Waals surface area contributed by atoms with Crippen LogP contribution in [0.15, 0.2) is 52.9 Å². The maximum absolute atomic E-state index is 12.1. The summed E-state index contributed by atoms with van der Waals surface area (Å²) in [4.78, 5) is 12.1. The first kappa shape index (κ1) is 13.2. The van der Waals surface area contributed by atoms with Gasteiger partial charge in [-0.1, -0.05) is 29.8 Å². The molecule has 0 aliphatic rings. The van der Waals surface area contributed by atoms with E-state index in [4.69, 9.17) is 10.2 Å². The third-order valence-electron chi connectivity index (χ3n) is 3.39. The Kier molecular flexibility index (Phi) is 3.36. The third-order valence-corrected chi connectivity index (χ3v) is 3.39. The van der Waals surface area contributed by atoms with Crippen molar-refractivity contribution in [3.05, 3.63) is 65.4 Å². The number of nitrogen functional groups attached to an aromatic ring is 1. The van der Waals surface area contributed by atoms with Gasteiger partial charge in [0.2, 0.25) is 0 Å². The van der Waals surface area contributed by atoms with Crippen molar-refractivity contribution in [3.63, 3.8) is 0 Å². The smallest absolute Gasteiger partial charge is 0.287 e. The first-order valence-corrected chi connectivity index (χ1v) is 6.75. The number of carbonyl (C=O) groups excluding carboxylic acids is 1. The zero-order chi connectivity index (χ0) is 14.8. The molecular formula is C17H16N2O2. The molecule has 1 aromatic heterocycles. The van der Waals surface area contributed by atoms with Crippen LogP contribution in [0, 0.1) is 6.92 Å². The van der Waals surface area contributed by atoms with Gasteiger partial charge in [0.15, 0.2) is 5.76 Å². The van der Waals surface area contributed by atoms with Crippen molar-refractivity contribution in [2.75, 3.05) is 5.73 Å². The van der Waals surface area contributed by atoms with Gasteiger partial charge in [-0.25, -0.2) is 0 Å². The Bertz CT molecular complexity index is 805. The van der Waals surface area contributed by atoms with E-state index < -0.39 is 0 Å². The van der Waals surface area contributed by atoms with Gasteiger partial charge >= 0.3 is 0 Å². The minimum Gasteiger partial charge on any atom is -0.451 e. The van der Waals surface area contributed by atoms with Gasteiger partial charge in [0, 0.05) is 17.6 Å². The average Bonchev–Trinajstić information content (AvgIpc) is 2.89. The quantitative estimate of drug-likeness (QED) is 0.724. The van der Waals surface area contributed by atoms with Crippen LogP contribution in [0.2, 0.25) is 0 Å². The van der Waals surface area contributed by atoms with Crippen molar-refractivity contribution < 1.29 is 9.21 Å². The van der Waals surface area contributed by atoms with Crippen molar-refractivity contribution in [3.8, 4) is 0 Å². The molecule has 0 saturated heterocycles. The van der Waals surface area contributed by atoms with Gasteiger partial charge in [0.05, 0.1) is 0 Å². The second kappa shape index (κ2) is 5.32. The first-order valence-electron chi connectivity index (χ1n) is 6.75. The Balaban J connectivity index is 1.76. The standard InChI is InChI=1S/C17H16N2O2/c1-11-6-7-15-13(8-11)9-16(21-15)17(20)19-10-12-4-2-3-5-14(12)18/h2-9H,10,18H2,1H3,(H,19,20). The molecule has 1 heterocycles. The number of amides is 1. The number of carbonyl (C=O) groups is 1. The molecule has 106 valence electrons. The molecule has 3 N–H and O–H groups in total. The lowest BCUT2D eigenvalue weighted by molar-refractivity contribution is 0.0925. The molecule has 0 spiro atoms. The SMILES string of the molecule is Cc1ccc2oc(C(=O)NCc3ccccc3N)cc2c1. The summed E-state index contributed by atoms with van der Waals surface area (Å²) < 4.78 is 5.56. The highest BCUT2D eigenvalue weighted by Gasteiger charge is 2.12. The molecule has 0 fully saturated rings. The Morgan fingerprint density at radius 3 is 2.81 bits per heavy atom. The topological polar surface area (TPSA) is 68.3 Å². The summed E-state index contributed by atoms with van der Waals surface area (Å²) in [5.41, 5.74) is 9.25. The Morgan fingerprint density at radius 1 is 1.19 bits per heavy atom. The molecule has 0 bridgehead atoms. The number of nitrogens with two attached hydrogens (primary N) is 1. The lowest BCUT2D eigenvalue weighted by Gasteiger charge is -2.05. The highest BCUT2D eigenvalue weighted by atomic mass is 16.3. The van der Waals surface area contributed by atoms with E-state index in [9.17, 15) is 4.79 Å². The first-order chi connectivity index (χ1) is 10.1. The molecular weight excluding hydrogens is 264 g/mol. The van der Waals surface area contributed by atoms with E-state index in [0.717, 1.165) is 16.5 Å². The summed E-state index contributed by atoms with van der Waals surface area (Å²) in [7, 11) is 0. The number of anilines is 1. The summed E-state index contributed by atoms with van der Waals surface area (Å²) in [6, 6.07) is 15.0. The number of hydrogen-bond donors (Lipinski definition) is 2. The second-order valence-electron chi connectivity index (χ2n) is 5.03. The van der Waals surface area contributed by atoms with Gasteiger partial charge in [-0.15, -0.1) is 0 Å². The van der Waals surface area contributed by atoms with Crippen LogP contribution in [0.4, 0.5) is 5.69 Å². The highest BCUT2D eigenvalue weighted by molar-refractivity contribution is 5.96. The average molecular weight is 280 g/mol. The molecule has 1 amide bonds. The van der Waals surface area contributed by atoms with Crippen molar-refractivity contribution >= 4 is 22.6 Å². The number of fused-ring (bicyclic) bond motifs is 1. The van der Waals surface area contributed by atoms with E-state index in [0.29, 0.717) is 23.6 Å². The fraction of sp³-hybridized carbons (Fsp3) is 0.118. The maximum Gasteiger partial charge on any atom is 0.287 e. The van der Waals surface area contributed by atoms with Crippen LogP contribution in [0.1, 0.15) is 21.7 Å². The number of rotatable bonds is 3. The fourth-order valence-corrected chi connectivity index (χ4v) is 2.23. The summed E-state index contributed by atoms with van der Waals surface area (Å²) in [5, 5.41) is 3.75. The molecule has 0 atom stereocenters. The van der Waals surface area contributed by atoms with Crippen molar-refractivity contribution in [1.29, 1.82) is 0 Å². The van der Waals surface area contributed by atoms with Crippen LogP contribution >= 0.6 is 0 Å². The largest absolute Gasteiger partial charge is 0.451 e. The van der Waals surface area contributed by atoms with E-state index in [1.54, 1.807) is 6.07 Å². The molecule has 3 aromatic rings. The molecule has 4 heteroatoms. The Morgan fingerprint density at radius 2 is 2.00 bits per heavy atom. The van der Waals surface area contributed by atoms with Crippen molar-refractivity contribution in [2.24, 2.45) is 0 Å². The molecule has 0 unspecified atom stereocenters. The van der Waals surface area contributed by atoms with E-state index >= 15 is 0 Å². The number of aryl methyl sites for hydroxylation is 1. The van der Waals surface area contributed by atoms with E-state index in [-0.39, 0.29) is 5.91 Å². The van der Waals surface area contributed by atoms with Crippen LogP contribution in [0.3, 0.4) is 0 Å². The molecule has 3 rings (SSSR count). The Labute approximate surface area is 122 Å². The van der Waals surface area contributed by atoms with E-state index in [2.05, 4.69) is 5.32 Å². The van der Waals surface area contributed by atoms with E-state index in [1.165, 1.54) is 0 Å². The highest BCUT2D eigenvalue weighted by Crippen LogP contribution is 2.20. The fourth-order valence-electron chi connectivity index (χ4n) is 2.23. The normalized spacial score (nSPS) is 10.7. The van der Waals surface area contributed by atoms with Crippen molar-refractivity contribution in [2.45, 2.75) is 13.5 Å². The number of benzene rings is 2. The zero-order valence-electron chi connectivity index (χ0n) is 11.7. The van der Waals surface area contributed by atoms with Gasteiger partial charge < -0.3 is 15.5 Å². The molecule has 4 nitrogen and oxygen atoms in total. The molecule has 0 radical (unpaired) electrons. The summed E-state index contributed by atoms with van der Waals surface area (Å²) in [6.45, 7) is 2.38. The third kappa shape index (κ3) is 2.74. The van der Waals surface area contributed by atoms with Crippen LogP contribution in [-0.2, 0) is 6.54 Å². The van der Waals surface area contributed by atoms with Crippen LogP contribution in [-0.4, -0.2) is 5.91 Å². The van der Waals surface area contributed by atoms with Crippen molar-refractivity contribution in [1.82, 2.24) is 5.32 Å². The second-order valence-corrected chi connectivity index (χ2v) is 5.03. The minimum absolute atomic E-state index is 0.243. The molecule has 0 aliphatic heterocycles. The van der Waals surface area contributed by atoms with Gasteiger partial charge in [-0.2, -0.15) is 0 Å². The Hall–Kier alpha value is -2.75. The van der Waals surface area contributed by atoms with Crippen LogP contribution in [0.5, 0.6) is 0 Å². The lowest BCUT2D eigenvalue weighted by atomic mass is 10.2. The maximum atomic E-state index is 12.1. The predicted octanol–water partition coefficient (Wildman–Crippen LogP) is 3.25. The number of furan rings is 1. The summed E-state index contributed by atoms with van der Waals surface area (Å²) in [5.74, 6) is 0.0669. The predicted molar refractivity (Wildman–Crippen MR) is 83.0 cm³/mol. The number of nitrogens with one attached hydrogen (secondary N) is 1. The minimum atomic E-state index is -0.243. The molecule has 0 saturated carbocycles. The monoisotopic (exact) mass is 280 g/mol. The molecule has 2 aromatic carbocycles. The van der Waals surface area contributed by atoms with Crippen LogP contribution in [0.25, 0.3) is 11.0 Å². The number of hydrogen-bond acceptors (Lipinski definition) is 3. The van der Waals surface area contributed by atoms with Gasteiger partial charge in [-0.05, 0) is 36.8 Å². The van der Waals surface area contributed by atoms with Gasteiger partial charge in [0.25, 0.3) is 5.91 Å². The number of para-hydroxylation sites is 1. The van der Waals surface area contributed by atoms with E-state index in [1.807, 2.05) is 49.4 Å².